The Hall–Kier alpha value is -3.52. The van der Waals surface area contributed by atoms with Crippen LogP contribution in [0.5, 0.6) is 17.2 Å². The molecule has 8 nitrogen and oxygen atoms in total. The normalized spacial score (nSPS) is 10.4. The molecule has 1 N–H and O–H groups in total. The lowest BCUT2D eigenvalue weighted by Gasteiger charge is -2.15. The Bertz CT molecular complexity index is 1100. The topological polar surface area (TPSA) is 91.7 Å². The van der Waals surface area contributed by atoms with E-state index in [4.69, 9.17) is 25.8 Å². The van der Waals surface area contributed by atoms with Crippen LogP contribution in [0.3, 0.4) is 0 Å². The second kappa shape index (κ2) is 9.32. The monoisotopic (exact) mass is 429 g/mol. The number of anilines is 1. The van der Waals surface area contributed by atoms with Crippen molar-refractivity contribution in [3.8, 4) is 28.5 Å². The molecule has 1 amide bonds. The first-order chi connectivity index (χ1) is 14.5. The number of methoxy groups -OCH3 is 3. The molecular weight excluding hydrogens is 410 g/mol. The zero-order chi connectivity index (χ0) is 21.7. The van der Waals surface area contributed by atoms with Gasteiger partial charge in [-0.25, -0.2) is 4.68 Å². The smallest absolute Gasteiger partial charge is 0.267 e. The van der Waals surface area contributed by atoms with Crippen molar-refractivity contribution >= 4 is 23.2 Å². The van der Waals surface area contributed by atoms with Gasteiger partial charge in [0.15, 0.2) is 11.5 Å². The number of nitrogens with zero attached hydrogens (tertiary/aromatic N) is 2. The maximum atomic E-state index is 12.6. The molecule has 9 heteroatoms. The first-order valence-electron chi connectivity index (χ1n) is 8.89. The first-order valence-corrected chi connectivity index (χ1v) is 9.27. The summed E-state index contributed by atoms with van der Waals surface area (Å²) in [7, 11) is 4.45. The van der Waals surface area contributed by atoms with Gasteiger partial charge < -0.3 is 19.5 Å². The van der Waals surface area contributed by atoms with Gasteiger partial charge in [-0.3, -0.25) is 9.59 Å². The summed E-state index contributed by atoms with van der Waals surface area (Å²) >= 11 is 6.21. The van der Waals surface area contributed by atoms with Crippen LogP contribution in [0, 0.1) is 0 Å². The van der Waals surface area contributed by atoms with Gasteiger partial charge in [0.25, 0.3) is 5.56 Å². The van der Waals surface area contributed by atoms with Crippen LogP contribution >= 0.6 is 11.6 Å². The minimum absolute atomic E-state index is 0.284. The van der Waals surface area contributed by atoms with E-state index in [1.54, 1.807) is 36.4 Å². The summed E-state index contributed by atoms with van der Waals surface area (Å²) < 4.78 is 16.9. The third-order valence-electron chi connectivity index (χ3n) is 4.26. The van der Waals surface area contributed by atoms with Gasteiger partial charge in [-0.1, -0.05) is 29.8 Å². The van der Waals surface area contributed by atoms with Crippen LogP contribution in [0.4, 0.5) is 5.69 Å². The highest BCUT2D eigenvalue weighted by molar-refractivity contribution is 6.33. The lowest BCUT2D eigenvalue weighted by atomic mass is 10.1. The molecule has 2 aromatic carbocycles. The number of hydrogen-bond acceptors (Lipinski definition) is 6. The molecule has 1 heterocycles. The van der Waals surface area contributed by atoms with Gasteiger partial charge in [-0.2, -0.15) is 5.10 Å². The molecule has 0 spiro atoms. The van der Waals surface area contributed by atoms with E-state index in [1.807, 2.05) is 6.07 Å². The third kappa shape index (κ3) is 4.55. The summed E-state index contributed by atoms with van der Waals surface area (Å²) in [6.07, 6.45) is 0. The number of amides is 1. The summed E-state index contributed by atoms with van der Waals surface area (Å²) in [5, 5.41) is 7.48. The average molecular weight is 430 g/mol. The predicted octanol–water partition coefficient (Wildman–Crippen LogP) is 3.23. The minimum Gasteiger partial charge on any atom is -0.493 e. The van der Waals surface area contributed by atoms with E-state index >= 15 is 0 Å². The average Bonchev–Trinajstić information content (AvgIpc) is 2.75. The molecule has 0 fully saturated rings. The molecule has 0 saturated carbocycles. The second-order valence-electron chi connectivity index (χ2n) is 6.16. The quantitative estimate of drug-likeness (QED) is 0.620. The summed E-state index contributed by atoms with van der Waals surface area (Å²) in [5.41, 5.74) is 1.16. The zero-order valence-corrected chi connectivity index (χ0v) is 17.4. The Morgan fingerprint density at radius 2 is 1.70 bits per heavy atom. The number of halogens is 1. The third-order valence-corrected chi connectivity index (χ3v) is 4.59. The molecule has 0 radical (unpaired) electrons. The van der Waals surface area contributed by atoms with E-state index in [-0.39, 0.29) is 6.54 Å². The molecule has 0 bridgehead atoms. The van der Waals surface area contributed by atoms with Crippen LogP contribution in [-0.4, -0.2) is 37.0 Å². The fourth-order valence-electron chi connectivity index (χ4n) is 2.86. The van der Waals surface area contributed by atoms with E-state index < -0.39 is 11.5 Å². The number of aromatic nitrogens is 2. The highest BCUT2D eigenvalue weighted by Gasteiger charge is 2.15. The van der Waals surface area contributed by atoms with Crippen molar-refractivity contribution in [3.05, 3.63) is 63.9 Å². The van der Waals surface area contributed by atoms with Gasteiger partial charge in [-0.15, -0.1) is 0 Å². The minimum atomic E-state index is -0.449. The Kier molecular flexibility index (Phi) is 6.58. The van der Waals surface area contributed by atoms with Crippen molar-refractivity contribution in [1.82, 2.24) is 9.78 Å². The SMILES string of the molecule is COc1cc(NC(=O)Cn2nc(-c3ccccc3Cl)ccc2=O)cc(OC)c1OC. The van der Waals surface area contributed by atoms with Gasteiger partial charge in [0.2, 0.25) is 11.7 Å². The first kappa shape index (κ1) is 21.2. The molecule has 1 aromatic heterocycles. The maximum Gasteiger partial charge on any atom is 0.267 e. The molecule has 0 unspecified atom stereocenters. The van der Waals surface area contributed by atoms with Gasteiger partial charge in [0.1, 0.15) is 6.54 Å². The van der Waals surface area contributed by atoms with E-state index in [0.717, 1.165) is 4.68 Å². The van der Waals surface area contributed by atoms with Crippen molar-refractivity contribution in [1.29, 1.82) is 0 Å². The largest absolute Gasteiger partial charge is 0.493 e. The Labute approximate surface area is 178 Å². The number of benzene rings is 2. The van der Waals surface area contributed by atoms with Gasteiger partial charge in [0, 0.05) is 29.4 Å². The highest BCUT2D eigenvalue weighted by atomic mass is 35.5. The molecule has 0 aliphatic carbocycles. The zero-order valence-electron chi connectivity index (χ0n) is 16.6. The van der Waals surface area contributed by atoms with Crippen molar-refractivity contribution in [2.45, 2.75) is 6.54 Å². The Morgan fingerprint density at radius 3 is 2.30 bits per heavy atom. The fraction of sp³-hybridized carbons (Fsp3) is 0.190. The van der Waals surface area contributed by atoms with Crippen LogP contribution in [0.25, 0.3) is 11.3 Å². The predicted molar refractivity (Wildman–Crippen MR) is 114 cm³/mol. The number of ether oxygens (including phenoxy) is 3. The molecule has 3 rings (SSSR count). The lowest BCUT2D eigenvalue weighted by Crippen LogP contribution is -2.29. The van der Waals surface area contributed by atoms with Gasteiger partial charge in [-0.05, 0) is 12.1 Å². The van der Waals surface area contributed by atoms with Crippen LogP contribution in [0.1, 0.15) is 0 Å². The van der Waals surface area contributed by atoms with Crippen molar-refractivity contribution in [2.24, 2.45) is 0 Å². The second-order valence-corrected chi connectivity index (χ2v) is 6.56. The number of nitrogens with one attached hydrogen (secondary N) is 1. The number of carbonyl (C=O) groups is 1. The number of carbonyl (C=O) groups excluding carboxylic acids is 1. The molecule has 0 aliphatic rings. The van der Waals surface area contributed by atoms with Gasteiger partial charge in [0.05, 0.1) is 32.0 Å². The van der Waals surface area contributed by atoms with Crippen molar-refractivity contribution in [2.75, 3.05) is 26.6 Å². The fourth-order valence-corrected chi connectivity index (χ4v) is 3.10. The molecule has 0 atom stereocenters. The Balaban J connectivity index is 1.84. The summed E-state index contributed by atoms with van der Waals surface area (Å²) in [6, 6.07) is 13.2. The molecule has 30 heavy (non-hydrogen) atoms. The Morgan fingerprint density at radius 1 is 1.03 bits per heavy atom. The lowest BCUT2D eigenvalue weighted by molar-refractivity contribution is -0.117. The number of hydrogen-bond donors (Lipinski definition) is 1. The van der Waals surface area contributed by atoms with Crippen LogP contribution in [0.15, 0.2) is 53.3 Å². The van der Waals surface area contributed by atoms with E-state index in [9.17, 15) is 9.59 Å². The van der Waals surface area contributed by atoms with Crippen molar-refractivity contribution in [3.63, 3.8) is 0 Å². The van der Waals surface area contributed by atoms with Crippen LogP contribution in [-0.2, 0) is 11.3 Å². The molecule has 0 saturated heterocycles. The summed E-state index contributed by atoms with van der Waals surface area (Å²) in [5.74, 6) is 0.741. The van der Waals surface area contributed by atoms with Crippen LogP contribution < -0.4 is 25.1 Å². The summed E-state index contributed by atoms with van der Waals surface area (Å²) in [4.78, 5) is 24.7. The molecule has 156 valence electrons. The molecular formula is C21H20ClN3O5. The number of rotatable bonds is 7. The molecule has 3 aromatic rings. The maximum absolute atomic E-state index is 12.6. The van der Waals surface area contributed by atoms with Gasteiger partial charge >= 0.3 is 0 Å². The molecule has 0 aliphatic heterocycles. The van der Waals surface area contributed by atoms with E-state index in [1.165, 1.54) is 27.4 Å². The standard InChI is InChI=1S/C21H20ClN3O5/c1-28-17-10-13(11-18(29-2)21(17)30-3)23-19(26)12-25-20(27)9-8-16(24-25)14-6-4-5-7-15(14)22/h4-11H,12H2,1-3H3,(H,23,26). The van der Waals surface area contributed by atoms with Crippen LogP contribution in [0.2, 0.25) is 5.02 Å². The highest BCUT2D eigenvalue weighted by Crippen LogP contribution is 2.39. The van der Waals surface area contributed by atoms with Crippen molar-refractivity contribution < 1.29 is 19.0 Å². The van der Waals surface area contributed by atoms with E-state index in [2.05, 4.69) is 10.4 Å². The van der Waals surface area contributed by atoms with E-state index in [0.29, 0.717) is 39.2 Å². The summed E-state index contributed by atoms with van der Waals surface area (Å²) in [6.45, 7) is -0.284.